The molecule has 0 saturated carbocycles. The number of hydrogen-bond donors (Lipinski definition) is 1. The van der Waals surface area contributed by atoms with Crippen molar-refractivity contribution in [1.29, 1.82) is 0 Å². The second kappa shape index (κ2) is 7.25. The first-order valence-electron chi connectivity index (χ1n) is 5.76. The minimum atomic E-state index is 0.259. The van der Waals surface area contributed by atoms with Gasteiger partial charge in [0.1, 0.15) is 5.75 Å². The fourth-order valence-corrected chi connectivity index (χ4v) is 1.67. The Morgan fingerprint density at radius 3 is 2.81 bits per heavy atom. The van der Waals surface area contributed by atoms with E-state index in [0.717, 1.165) is 31.8 Å². The Morgan fingerprint density at radius 2 is 2.19 bits per heavy atom. The summed E-state index contributed by atoms with van der Waals surface area (Å²) < 4.78 is 5.19. The Balaban J connectivity index is 2.55. The summed E-state index contributed by atoms with van der Waals surface area (Å²) in [6, 6.07) is 8.12. The molecule has 0 aromatic heterocycles. The Hall–Kier alpha value is -1.06. The number of aliphatic hydroxyl groups is 1. The smallest absolute Gasteiger partial charge is 0.119 e. The van der Waals surface area contributed by atoms with Crippen molar-refractivity contribution < 1.29 is 9.84 Å². The standard InChI is InChI=1S/C13H21NO2/c1-3-14(8-5-9-15)11-12-6-4-7-13(10-12)16-2/h4,6-7,10,15H,3,5,8-9,11H2,1-2H3. The molecule has 0 radical (unpaired) electrons. The molecule has 90 valence electrons. The van der Waals surface area contributed by atoms with Crippen LogP contribution in [0.4, 0.5) is 0 Å². The second-order valence-corrected chi connectivity index (χ2v) is 3.80. The van der Waals surface area contributed by atoms with E-state index in [0.29, 0.717) is 0 Å². The molecular formula is C13H21NO2. The molecule has 1 rings (SSSR count). The normalized spacial score (nSPS) is 10.8. The maximum atomic E-state index is 8.81. The zero-order valence-electron chi connectivity index (χ0n) is 10.1. The lowest BCUT2D eigenvalue weighted by atomic mass is 10.2. The van der Waals surface area contributed by atoms with Gasteiger partial charge in [0.15, 0.2) is 0 Å². The minimum absolute atomic E-state index is 0.259. The summed E-state index contributed by atoms with van der Waals surface area (Å²) >= 11 is 0. The molecule has 0 aliphatic rings. The summed E-state index contributed by atoms with van der Waals surface area (Å²) in [4.78, 5) is 2.31. The molecule has 0 fully saturated rings. The van der Waals surface area contributed by atoms with Crippen LogP contribution >= 0.6 is 0 Å². The largest absolute Gasteiger partial charge is 0.497 e. The van der Waals surface area contributed by atoms with E-state index < -0.39 is 0 Å². The predicted molar refractivity (Wildman–Crippen MR) is 65.6 cm³/mol. The number of nitrogens with zero attached hydrogens (tertiary/aromatic N) is 1. The average molecular weight is 223 g/mol. The quantitative estimate of drug-likeness (QED) is 0.766. The monoisotopic (exact) mass is 223 g/mol. The molecule has 0 amide bonds. The van der Waals surface area contributed by atoms with Crippen LogP contribution in [-0.2, 0) is 6.54 Å². The van der Waals surface area contributed by atoms with Crippen molar-refractivity contribution in [2.75, 3.05) is 26.8 Å². The van der Waals surface area contributed by atoms with Crippen LogP contribution in [0, 0.1) is 0 Å². The third-order valence-electron chi connectivity index (χ3n) is 2.62. The number of benzene rings is 1. The molecule has 0 aliphatic heterocycles. The summed E-state index contributed by atoms with van der Waals surface area (Å²) in [5.74, 6) is 0.899. The summed E-state index contributed by atoms with van der Waals surface area (Å²) in [5.41, 5.74) is 1.25. The first-order chi connectivity index (χ1) is 7.80. The molecule has 16 heavy (non-hydrogen) atoms. The third kappa shape index (κ3) is 4.21. The van der Waals surface area contributed by atoms with Gasteiger partial charge in [-0.25, -0.2) is 0 Å². The van der Waals surface area contributed by atoms with Crippen LogP contribution < -0.4 is 4.74 Å². The van der Waals surface area contributed by atoms with Crippen molar-refractivity contribution >= 4 is 0 Å². The predicted octanol–water partition coefficient (Wildman–Crippen LogP) is 1.90. The van der Waals surface area contributed by atoms with Crippen LogP contribution in [-0.4, -0.2) is 36.8 Å². The van der Waals surface area contributed by atoms with E-state index >= 15 is 0 Å². The Bertz CT molecular complexity index is 302. The maximum Gasteiger partial charge on any atom is 0.119 e. The molecule has 0 unspecified atom stereocenters. The SMILES string of the molecule is CCN(CCCO)Cc1cccc(OC)c1. The number of methoxy groups -OCH3 is 1. The Morgan fingerprint density at radius 1 is 1.38 bits per heavy atom. The second-order valence-electron chi connectivity index (χ2n) is 3.80. The number of ether oxygens (including phenoxy) is 1. The van der Waals surface area contributed by atoms with Crippen molar-refractivity contribution in [2.45, 2.75) is 19.9 Å². The lowest BCUT2D eigenvalue weighted by molar-refractivity contribution is 0.225. The molecule has 0 bridgehead atoms. The first-order valence-corrected chi connectivity index (χ1v) is 5.76. The Kier molecular flexibility index (Phi) is 5.90. The fraction of sp³-hybridized carbons (Fsp3) is 0.538. The van der Waals surface area contributed by atoms with Crippen molar-refractivity contribution in [3.63, 3.8) is 0 Å². The van der Waals surface area contributed by atoms with E-state index in [2.05, 4.69) is 24.0 Å². The minimum Gasteiger partial charge on any atom is -0.497 e. The van der Waals surface area contributed by atoms with E-state index in [4.69, 9.17) is 9.84 Å². The summed E-state index contributed by atoms with van der Waals surface area (Å²) in [5, 5.41) is 8.81. The lowest BCUT2D eigenvalue weighted by Gasteiger charge is -2.20. The van der Waals surface area contributed by atoms with Crippen LogP contribution in [0.2, 0.25) is 0 Å². The third-order valence-corrected chi connectivity index (χ3v) is 2.62. The van der Waals surface area contributed by atoms with Gasteiger partial charge in [0.05, 0.1) is 7.11 Å². The molecule has 1 aromatic carbocycles. The molecule has 3 heteroatoms. The van der Waals surface area contributed by atoms with Gasteiger partial charge in [-0.2, -0.15) is 0 Å². The summed E-state index contributed by atoms with van der Waals surface area (Å²) in [6.45, 7) is 5.24. The molecule has 0 spiro atoms. The molecule has 3 nitrogen and oxygen atoms in total. The van der Waals surface area contributed by atoms with Crippen molar-refractivity contribution in [2.24, 2.45) is 0 Å². The summed E-state index contributed by atoms with van der Waals surface area (Å²) in [6.07, 6.45) is 0.831. The zero-order chi connectivity index (χ0) is 11.8. The van der Waals surface area contributed by atoms with E-state index in [9.17, 15) is 0 Å². The van der Waals surface area contributed by atoms with E-state index in [1.807, 2.05) is 12.1 Å². The van der Waals surface area contributed by atoms with Crippen molar-refractivity contribution in [3.05, 3.63) is 29.8 Å². The highest BCUT2D eigenvalue weighted by Crippen LogP contribution is 2.14. The van der Waals surface area contributed by atoms with E-state index in [1.165, 1.54) is 5.56 Å². The number of aliphatic hydroxyl groups excluding tert-OH is 1. The van der Waals surface area contributed by atoms with Crippen LogP contribution in [0.1, 0.15) is 18.9 Å². The van der Waals surface area contributed by atoms with Crippen LogP contribution in [0.15, 0.2) is 24.3 Å². The average Bonchev–Trinajstić information content (AvgIpc) is 2.34. The van der Waals surface area contributed by atoms with Gasteiger partial charge in [-0.15, -0.1) is 0 Å². The topological polar surface area (TPSA) is 32.7 Å². The van der Waals surface area contributed by atoms with E-state index in [-0.39, 0.29) is 6.61 Å². The Labute approximate surface area is 97.7 Å². The molecule has 0 aliphatic carbocycles. The zero-order valence-corrected chi connectivity index (χ0v) is 10.1. The van der Waals surface area contributed by atoms with Gasteiger partial charge in [-0.1, -0.05) is 19.1 Å². The van der Waals surface area contributed by atoms with Crippen LogP contribution in [0.25, 0.3) is 0 Å². The van der Waals surface area contributed by atoms with Gasteiger partial charge >= 0.3 is 0 Å². The van der Waals surface area contributed by atoms with Crippen molar-refractivity contribution in [1.82, 2.24) is 4.90 Å². The number of hydrogen-bond acceptors (Lipinski definition) is 3. The van der Waals surface area contributed by atoms with Crippen molar-refractivity contribution in [3.8, 4) is 5.75 Å². The molecule has 0 heterocycles. The highest BCUT2D eigenvalue weighted by molar-refractivity contribution is 5.28. The van der Waals surface area contributed by atoms with Gasteiger partial charge in [0.25, 0.3) is 0 Å². The fourth-order valence-electron chi connectivity index (χ4n) is 1.67. The molecule has 0 saturated heterocycles. The van der Waals surface area contributed by atoms with Crippen LogP contribution in [0.3, 0.4) is 0 Å². The van der Waals surface area contributed by atoms with E-state index in [1.54, 1.807) is 7.11 Å². The van der Waals surface area contributed by atoms with Crippen LogP contribution in [0.5, 0.6) is 5.75 Å². The van der Waals surface area contributed by atoms with Gasteiger partial charge in [-0.05, 0) is 30.7 Å². The maximum absolute atomic E-state index is 8.81. The molecule has 0 atom stereocenters. The lowest BCUT2D eigenvalue weighted by Crippen LogP contribution is -2.24. The highest BCUT2D eigenvalue weighted by Gasteiger charge is 2.03. The summed E-state index contributed by atoms with van der Waals surface area (Å²) in [7, 11) is 1.68. The van der Waals surface area contributed by atoms with Gasteiger partial charge in [0, 0.05) is 19.7 Å². The van der Waals surface area contributed by atoms with Gasteiger partial charge < -0.3 is 9.84 Å². The van der Waals surface area contributed by atoms with Gasteiger partial charge in [0.2, 0.25) is 0 Å². The molecule has 1 aromatic rings. The number of rotatable bonds is 7. The highest BCUT2D eigenvalue weighted by atomic mass is 16.5. The van der Waals surface area contributed by atoms with Gasteiger partial charge in [-0.3, -0.25) is 4.90 Å². The molecular weight excluding hydrogens is 202 g/mol. The molecule has 1 N–H and O–H groups in total. The first kappa shape index (κ1) is 13.0.